The number of nitrogens with two attached hydrogens (primary N) is 1. The van der Waals surface area contributed by atoms with Crippen LogP contribution in [0, 0.1) is 21.4 Å². The normalized spacial score (nSPS) is 14.6. The fourth-order valence-electron chi connectivity index (χ4n) is 3.57. The zero-order chi connectivity index (χ0) is 23.5. The molecule has 0 bridgehead atoms. The lowest BCUT2D eigenvalue weighted by molar-refractivity contribution is -0.384. The molecule has 1 aliphatic rings. The first-order valence-electron chi connectivity index (χ1n) is 9.76. The number of carbonyl (C=O) groups is 1. The number of halogens is 1. The Kier molecular flexibility index (Phi) is 5.98. The summed E-state index contributed by atoms with van der Waals surface area (Å²) in [6.07, 6.45) is 0.0567. The largest absolute Gasteiger partial charge is 0.440 e. The summed E-state index contributed by atoms with van der Waals surface area (Å²) in [6.45, 7) is 0. The molecule has 1 aliphatic heterocycles. The SMILES string of the molecule is N#CC1=C(N)Oc2cc(OC(=O)Cc3ccc(Cl)cc3)ccc2C1c1ccc([N+](=O)[O-])cc1. The van der Waals surface area contributed by atoms with E-state index in [-0.39, 0.29) is 29.3 Å². The minimum Gasteiger partial charge on any atom is -0.440 e. The molecule has 0 saturated carbocycles. The number of fused-ring (bicyclic) bond motifs is 1. The van der Waals surface area contributed by atoms with Gasteiger partial charge in [-0.3, -0.25) is 14.9 Å². The number of carbonyl (C=O) groups excluding carboxylic acids is 1. The Morgan fingerprint density at radius 3 is 2.48 bits per heavy atom. The van der Waals surface area contributed by atoms with Gasteiger partial charge in [0.25, 0.3) is 5.69 Å². The number of esters is 1. The number of hydrogen-bond donors (Lipinski definition) is 1. The van der Waals surface area contributed by atoms with E-state index in [1.54, 1.807) is 48.5 Å². The van der Waals surface area contributed by atoms with Gasteiger partial charge in [-0.05, 0) is 29.3 Å². The Labute approximate surface area is 193 Å². The number of nitrogens with zero attached hydrogens (tertiary/aromatic N) is 2. The number of allylic oxidation sites excluding steroid dienone is 1. The van der Waals surface area contributed by atoms with Crippen molar-refractivity contribution in [1.29, 1.82) is 5.26 Å². The van der Waals surface area contributed by atoms with Crippen molar-refractivity contribution in [2.75, 3.05) is 0 Å². The van der Waals surface area contributed by atoms with Gasteiger partial charge in [0.05, 0.1) is 17.3 Å². The number of nitriles is 1. The van der Waals surface area contributed by atoms with Crippen LogP contribution >= 0.6 is 11.6 Å². The minimum atomic E-state index is -0.585. The highest BCUT2D eigenvalue weighted by Gasteiger charge is 2.31. The predicted octanol–water partition coefficient (Wildman–Crippen LogP) is 4.61. The van der Waals surface area contributed by atoms with Crippen LogP contribution < -0.4 is 15.2 Å². The molecular weight excluding hydrogens is 446 g/mol. The Bertz CT molecular complexity index is 1310. The summed E-state index contributed by atoms with van der Waals surface area (Å²) in [6, 6.07) is 19.6. The van der Waals surface area contributed by atoms with Crippen molar-refractivity contribution >= 4 is 23.3 Å². The maximum absolute atomic E-state index is 12.3. The summed E-state index contributed by atoms with van der Waals surface area (Å²) in [7, 11) is 0. The van der Waals surface area contributed by atoms with Gasteiger partial charge in [0, 0.05) is 28.8 Å². The van der Waals surface area contributed by atoms with Gasteiger partial charge >= 0.3 is 5.97 Å². The third-order valence-electron chi connectivity index (χ3n) is 5.12. The molecule has 3 aromatic rings. The van der Waals surface area contributed by atoms with Gasteiger partial charge < -0.3 is 15.2 Å². The maximum atomic E-state index is 12.3. The molecule has 1 unspecified atom stereocenters. The summed E-state index contributed by atoms with van der Waals surface area (Å²) in [5.74, 6) is -0.562. The molecule has 0 saturated heterocycles. The fourth-order valence-corrected chi connectivity index (χ4v) is 3.69. The molecule has 1 atom stereocenters. The highest BCUT2D eigenvalue weighted by molar-refractivity contribution is 6.30. The monoisotopic (exact) mass is 461 g/mol. The summed E-state index contributed by atoms with van der Waals surface area (Å²) in [5, 5.41) is 21.2. The van der Waals surface area contributed by atoms with Crippen molar-refractivity contribution < 1.29 is 19.2 Å². The van der Waals surface area contributed by atoms with E-state index in [9.17, 15) is 20.2 Å². The van der Waals surface area contributed by atoms with Crippen molar-refractivity contribution in [3.63, 3.8) is 0 Å². The predicted molar refractivity (Wildman–Crippen MR) is 120 cm³/mol. The lowest BCUT2D eigenvalue weighted by Crippen LogP contribution is -2.21. The van der Waals surface area contributed by atoms with Gasteiger partial charge in [-0.25, -0.2) is 0 Å². The molecule has 164 valence electrons. The average molecular weight is 462 g/mol. The molecule has 4 rings (SSSR count). The number of nitro benzene ring substituents is 1. The van der Waals surface area contributed by atoms with Gasteiger partial charge in [0.15, 0.2) is 0 Å². The summed E-state index contributed by atoms with van der Waals surface area (Å²) < 4.78 is 11.1. The van der Waals surface area contributed by atoms with E-state index in [1.165, 1.54) is 18.2 Å². The van der Waals surface area contributed by atoms with Gasteiger partial charge in [-0.1, -0.05) is 41.9 Å². The van der Waals surface area contributed by atoms with Crippen molar-refractivity contribution in [2.45, 2.75) is 12.3 Å². The first-order chi connectivity index (χ1) is 15.9. The quantitative estimate of drug-likeness (QED) is 0.254. The van der Waals surface area contributed by atoms with Crippen LogP contribution in [0.2, 0.25) is 5.02 Å². The van der Waals surface area contributed by atoms with Crippen LogP contribution in [0.1, 0.15) is 22.6 Å². The molecule has 9 heteroatoms. The first kappa shape index (κ1) is 21.9. The molecule has 0 amide bonds. The van der Waals surface area contributed by atoms with Crippen LogP contribution in [-0.2, 0) is 11.2 Å². The number of rotatable bonds is 5. The van der Waals surface area contributed by atoms with Crippen molar-refractivity contribution in [3.8, 4) is 17.6 Å². The van der Waals surface area contributed by atoms with Gasteiger partial charge in [0.2, 0.25) is 5.88 Å². The van der Waals surface area contributed by atoms with Crippen molar-refractivity contribution in [3.05, 3.63) is 110 Å². The lowest BCUT2D eigenvalue weighted by Gasteiger charge is -2.26. The third-order valence-corrected chi connectivity index (χ3v) is 5.37. The number of non-ortho nitro benzene ring substituents is 1. The molecule has 2 N–H and O–H groups in total. The molecular formula is C24H16ClN3O5. The zero-order valence-corrected chi connectivity index (χ0v) is 17.8. The van der Waals surface area contributed by atoms with Crippen LogP contribution in [0.3, 0.4) is 0 Å². The number of ether oxygens (including phenoxy) is 2. The Balaban J connectivity index is 1.61. The summed E-state index contributed by atoms with van der Waals surface area (Å²) in [4.78, 5) is 22.8. The van der Waals surface area contributed by atoms with Crippen LogP contribution in [0.5, 0.6) is 11.5 Å². The Morgan fingerprint density at radius 2 is 1.85 bits per heavy atom. The molecule has 0 radical (unpaired) electrons. The van der Waals surface area contributed by atoms with E-state index in [0.717, 1.165) is 5.56 Å². The highest BCUT2D eigenvalue weighted by Crippen LogP contribution is 2.43. The lowest BCUT2D eigenvalue weighted by atomic mass is 9.83. The van der Waals surface area contributed by atoms with Crippen LogP contribution in [0.25, 0.3) is 0 Å². The third kappa shape index (κ3) is 4.63. The van der Waals surface area contributed by atoms with E-state index < -0.39 is 16.8 Å². The van der Waals surface area contributed by atoms with E-state index >= 15 is 0 Å². The summed E-state index contributed by atoms with van der Waals surface area (Å²) >= 11 is 5.86. The molecule has 0 spiro atoms. The second-order valence-electron chi connectivity index (χ2n) is 7.25. The van der Waals surface area contributed by atoms with Crippen molar-refractivity contribution in [1.82, 2.24) is 0 Å². The standard InChI is InChI=1S/C24H16ClN3O5/c25-16-5-1-14(2-6-16)11-22(29)32-18-9-10-19-21(12-18)33-24(27)20(13-26)23(19)15-3-7-17(8-4-15)28(30)31/h1-10,12,23H,11,27H2. The molecule has 0 aliphatic carbocycles. The van der Waals surface area contributed by atoms with Gasteiger partial charge in [-0.15, -0.1) is 0 Å². The number of hydrogen-bond acceptors (Lipinski definition) is 7. The number of nitro groups is 1. The number of benzene rings is 3. The zero-order valence-electron chi connectivity index (χ0n) is 17.0. The van der Waals surface area contributed by atoms with Crippen LogP contribution in [0.15, 0.2) is 78.2 Å². The highest BCUT2D eigenvalue weighted by atomic mass is 35.5. The molecule has 33 heavy (non-hydrogen) atoms. The van der Waals surface area contributed by atoms with Gasteiger partial charge in [0.1, 0.15) is 23.1 Å². The summed E-state index contributed by atoms with van der Waals surface area (Å²) in [5.41, 5.74) is 8.11. The topological polar surface area (TPSA) is 128 Å². The first-order valence-corrected chi connectivity index (χ1v) is 10.1. The van der Waals surface area contributed by atoms with Crippen molar-refractivity contribution in [2.24, 2.45) is 5.73 Å². The average Bonchev–Trinajstić information content (AvgIpc) is 2.79. The molecule has 8 nitrogen and oxygen atoms in total. The molecule has 0 aromatic heterocycles. The maximum Gasteiger partial charge on any atom is 0.315 e. The van der Waals surface area contributed by atoms with E-state index in [4.69, 9.17) is 26.8 Å². The molecule has 3 aromatic carbocycles. The molecule has 1 heterocycles. The second-order valence-corrected chi connectivity index (χ2v) is 7.69. The van der Waals surface area contributed by atoms with Gasteiger partial charge in [-0.2, -0.15) is 5.26 Å². The van der Waals surface area contributed by atoms with E-state index in [1.807, 2.05) is 0 Å². The van der Waals surface area contributed by atoms with Crippen LogP contribution in [0.4, 0.5) is 5.69 Å². The van der Waals surface area contributed by atoms with E-state index in [0.29, 0.717) is 21.9 Å². The van der Waals surface area contributed by atoms with Crippen LogP contribution in [-0.4, -0.2) is 10.9 Å². The fraction of sp³-hybridized carbons (Fsp3) is 0.0833. The molecule has 0 fully saturated rings. The Morgan fingerprint density at radius 1 is 1.15 bits per heavy atom. The minimum absolute atomic E-state index is 0.0567. The Hall–Kier alpha value is -4.35. The van der Waals surface area contributed by atoms with E-state index in [2.05, 4.69) is 6.07 Å². The second kappa shape index (κ2) is 9.02. The smallest absolute Gasteiger partial charge is 0.315 e.